The first-order chi connectivity index (χ1) is 12.1. The summed E-state index contributed by atoms with van der Waals surface area (Å²) in [6.07, 6.45) is 3.68. The van der Waals surface area contributed by atoms with E-state index in [9.17, 15) is 9.50 Å². The standard InChI is InChI=1S/C20H32FN3O.HI/c1-4-20(5-2,11-12-25)14-23-19(22-6-3)24-18-13-16(18)15-9-7-8-10-17(15)21;/h7-10,16,18,25H,4-6,11-14H2,1-3H3,(H2,22,23,24);1H. The molecule has 4 nitrogen and oxygen atoms in total. The SMILES string of the molecule is CCNC(=NCC(CC)(CC)CCO)NC1CC1c1ccccc1F.I. The Bertz CT molecular complexity index is 578. The number of aliphatic hydroxyl groups excluding tert-OH is 1. The van der Waals surface area contributed by atoms with Crippen molar-refractivity contribution in [1.82, 2.24) is 10.6 Å². The van der Waals surface area contributed by atoms with Gasteiger partial charge in [-0.1, -0.05) is 32.0 Å². The van der Waals surface area contributed by atoms with E-state index < -0.39 is 0 Å². The lowest BCUT2D eigenvalue weighted by molar-refractivity contribution is 0.175. The molecule has 0 amide bonds. The first-order valence-electron chi connectivity index (χ1n) is 9.49. The molecule has 1 aliphatic rings. The minimum absolute atomic E-state index is 0. The predicted octanol–water partition coefficient (Wildman–Crippen LogP) is 4.04. The molecule has 0 radical (unpaired) electrons. The average Bonchev–Trinajstić information content (AvgIpc) is 3.38. The highest BCUT2D eigenvalue weighted by atomic mass is 127. The van der Waals surface area contributed by atoms with Gasteiger partial charge in [0.15, 0.2) is 5.96 Å². The highest BCUT2D eigenvalue weighted by Gasteiger charge is 2.40. The monoisotopic (exact) mass is 477 g/mol. The first kappa shape index (κ1) is 23.1. The third-order valence-corrected chi connectivity index (χ3v) is 5.48. The van der Waals surface area contributed by atoms with Crippen LogP contribution in [0, 0.1) is 11.2 Å². The Morgan fingerprint density at radius 1 is 1.27 bits per heavy atom. The van der Waals surface area contributed by atoms with Crippen LogP contribution >= 0.6 is 24.0 Å². The number of guanidine groups is 1. The first-order valence-corrected chi connectivity index (χ1v) is 9.49. The Labute approximate surface area is 174 Å². The number of nitrogens with zero attached hydrogens (tertiary/aromatic N) is 1. The quantitative estimate of drug-likeness (QED) is 0.286. The summed E-state index contributed by atoms with van der Waals surface area (Å²) in [4.78, 5) is 4.77. The molecular formula is C20H33FIN3O. The van der Waals surface area contributed by atoms with Gasteiger partial charge in [-0.05, 0) is 49.7 Å². The maximum absolute atomic E-state index is 13.9. The van der Waals surface area contributed by atoms with Crippen LogP contribution in [0.25, 0.3) is 0 Å². The highest BCUT2D eigenvalue weighted by molar-refractivity contribution is 14.0. The Morgan fingerprint density at radius 3 is 2.54 bits per heavy atom. The van der Waals surface area contributed by atoms with Crippen LogP contribution in [0.2, 0.25) is 0 Å². The Hall–Kier alpha value is -0.890. The number of nitrogens with one attached hydrogen (secondary N) is 2. The topological polar surface area (TPSA) is 56.7 Å². The third-order valence-electron chi connectivity index (χ3n) is 5.48. The second-order valence-corrected chi connectivity index (χ2v) is 6.99. The Morgan fingerprint density at radius 2 is 1.96 bits per heavy atom. The van der Waals surface area contributed by atoms with Crippen LogP contribution in [0.15, 0.2) is 29.3 Å². The number of hydrogen-bond acceptors (Lipinski definition) is 2. The van der Waals surface area contributed by atoms with Crippen molar-refractivity contribution in [1.29, 1.82) is 0 Å². The van der Waals surface area contributed by atoms with Gasteiger partial charge in [0.25, 0.3) is 0 Å². The number of hydrogen-bond donors (Lipinski definition) is 3. The average molecular weight is 477 g/mol. The molecule has 0 heterocycles. The number of benzene rings is 1. The molecule has 1 aromatic carbocycles. The van der Waals surface area contributed by atoms with Gasteiger partial charge in [0, 0.05) is 31.7 Å². The lowest BCUT2D eigenvalue weighted by Gasteiger charge is -2.29. The minimum atomic E-state index is -0.127. The van der Waals surface area contributed by atoms with Crippen molar-refractivity contribution in [2.45, 2.75) is 58.4 Å². The van der Waals surface area contributed by atoms with E-state index in [0.717, 1.165) is 43.8 Å². The fourth-order valence-electron chi connectivity index (χ4n) is 3.36. The van der Waals surface area contributed by atoms with Crippen LogP contribution in [0.4, 0.5) is 4.39 Å². The van der Waals surface area contributed by atoms with Crippen molar-refractivity contribution in [2.24, 2.45) is 10.4 Å². The van der Waals surface area contributed by atoms with Gasteiger partial charge < -0.3 is 15.7 Å². The highest BCUT2D eigenvalue weighted by Crippen LogP contribution is 2.41. The van der Waals surface area contributed by atoms with Crippen molar-refractivity contribution in [3.05, 3.63) is 35.6 Å². The largest absolute Gasteiger partial charge is 0.396 e. The Balaban J connectivity index is 0.00000338. The zero-order valence-corrected chi connectivity index (χ0v) is 18.4. The van der Waals surface area contributed by atoms with Crippen molar-refractivity contribution in [3.8, 4) is 0 Å². The van der Waals surface area contributed by atoms with Crippen LogP contribution in [0.1, 0.15) is 57.9 Å². The van der Waals surface area contributed by atoms with E-state index in [1.54, 1.807) is 6.07 Å². The molecule has 1 aromatic rings. The number of aliphatic hydroxyl groups is 1. The fraction of sp³-hybridized carbons (Fsp3) is 0.650. The van der Waals surface area contributed by atoms with E-state index in [1.807, 2.05) is 19.1 Å². The summed E-state index contributed by atoms with van der Waals surface area (Å²) < 4.78 is 13.9. The summed E-state index contributed by atoms with van der Waals surface area (Å²) in [6.45, 7) is 8.02. The van der Waals surface area contributed by atoms with E-state index in [2.05, 4.69) is 24.5 Å². The minimum Gasteiger partial charge on any atom is -0.396 e. The molecule has 148 valence electrons. The normalized spacial score (nSPS) is 19.7. The molecule has 0 bridgehead atoms. The van der Waals surface area contributed by atoms with Gasteiger partial charge in [-0.25, -0.2) is 4.39 Å². The van der Waals surface area contributed by atoms with Gasteiger partial charge in [0.2, 0.25) is 0 Å². The fourth-order valence-corrected chi connectivity index (χ4v) is 3.36. The zero-order valence-electron chi connectivity index (χ0n) is 16.1. The molecule has 3 N–H and O–H groups in total. The van der Waals surface area contributed by atoms with Crippen molar-refractivity contribution in [2.75, 3.05) is 19.7 Å². The second kappa shape index (κ2) is 11.1. The summed E-state index contributed by atoms with van der Waals surface area (Å²) in [5.74, 6) is 0.873. The van der Waals surface area contributed by atoms with Crippen LogP contribution in [-0.2, 0) is 0 Å². The Kier molecular flexibility index (Phi) is 9.85. The van der Waals surface area contributed by atoms with E-state index in [1.165, 1.54) is 6.07 Å². The molecule has 1 saturated carbocycles. The van der Waals surface area contributed by atoms with Gasteiger partial charge in [0.05, 0.1) is 0 Å². The van der Waals surface area contributed by atoms with Gasteiger partial charge >= 0.3 is 0 Å². The number of rotatable bonds is 9. The maximum atomic E-state index is 13.9. The van der Waals surface area contributed by atoms with Crippen LogP contribution in [0.3, 0.4) is 0 Å². The van der Waals surface area contributed by atoms with E-state index in [0.29, 0.717) is 6.54 Å². The molecule has 2 rings (SSSR count). The van der Waals surface area contributed by atoms with E-state index in [4.69, 9.17) is 4.99 Å². The summed E-state index contributed by atoms with van der Waals surface area (Å²) in [5, 5.41) is 16.1. The predicted molar refractivity (Wildman–Crippen MR) is 117 cm³/mol. The molecule has 0 aromatic heterocycles. The van der Waals surface area contributed by atoms with Gasteiger partial charge in [-0.3, -0.25) is 4.99 Å². The molecule has 6 heteroatoms. The third kappa shape index (κ3) is 6.08. The zero-order chi connectivity index (χ0) is 18.3. The van der Waals surface area contributed by atoms with Crippen LogP contribution in [0.5, 0.6) is 0 Å². The molecule has 1 aliphatic carbocycles. The van der Waals surface area contributed by atoms with Gasteiger partial charge in [-0.2, -0.15) is 0 Å². The summed E-state index contributed by atoms with van der Waals surface area (Å²) >= 11 is 0. The molecule has 2 unspecified atom stereocenters. The molecule has 0 spiro atoms. The maximum Gasteiger partial charge on any atom is 0.191 e. The molecule has 2 atom stereocenters. The molecule has 0 saturated heterocycles. The molecular weight excluding hydrogens is 444 g/mol. The summed E-state index contributed by atoms with van der Waals surface area (Å²) in [7, 11) is 0. The molecule has 0 aliphatic heterocycles. The van der Waals surface area contributed by atoms with Crippen LogP contribution in [-0.4, -0.2) is 36.8 Å². The smallest absolute Gasteiger partial charge is 0.191 e. The molecule has 1 fully saturated rings. The number of halogens is 2. The summed E-state index contributed by atoms with van der Waals surface area (Å²) in [6, 6.07) is 7.23. The van der Waals surface area contributed by atoms with Gasteiger partial charge in [0.1, 0.15) is 5.82 Å². The van der Waals surface area contributed by atoms with Crippen molar-refractivity contribution in [3.63, 3.8) is 0 Å². The summed E-state index contributed by atoms with van der Waals surface area (Å²) in [5.41, 5.74) is 0.832. The lowest BCUT2D eigenvalue weighted by atomic mass is 9.79. The second-order valence-electron chi connectivity index (χ2n) is 6.99. The molecule has 26 heavy (non-hydrogen) atoms. The van der Waals surface area contributed by atoms with Crippen molar-refractivity contribution >= 4 is 29.9 Å². The van der Waals surface area contributed by atoms with E-state index >= 15 is 0 Å². The van der Waals surface area contributed by atoms with Crippen molar-refractivity contribution < 1.29 is 9.50 Å². The lowest BCUT2D eigenvalue weighted by Crippen LogP contribution is -2.40. The van der Waals surface area contributed by atoms with Gasteiger partial charge in [-0.15, -0.1) is 24.0 Å². The van der Waals surface area contributed by atoms with Crippen LogP contribution < -0.4 is 10.6 Å². The van der Waals surface area contributed by atoms with E-state index in [-0.39, 0.29) is 53.8 Å². The number of aliphatic imine (C=N–C) groups is 1.